The summed E-state index contributed by atoms with van der Waals surface area (Å²) in [5, 5.41) is 28.8. The van der Waals surface area contributed by atoms with Crippen molar-refractivity contribution in [3.8, 4) is 5.75 Å². The molecule has 0 aromatic heterocycles. The lowest BCUT2D eigenvalue weighted by molar-refractivity contribution is 0.0628. The van der Waals surface area contributed by atoms with Crippen LogP contribution >= 0.6 is 0 Å². The number of rotatable bonds is 11. The van der Waals surface area contributed by atoms with E-state index in [1.807, 2.05) is 54.6 Å². The van der Waals surface area contributed by atoms with Crippen molar-refractivity contribution in [2.75, 3.05) is 13.2 Å². The molecule has 1 aliphatic carbocycles. The minimum absolute atomic E-state index is 0.182. The highest BCUT2D eigenvalue weighted by Gasteiger charge is 2.32. The second kappa shape index (κ2) is 12.3. The molecule has 39 heavy (non-hydrogen) atoms. The van der Waals surface area contributed by atoms with Crippen molar-refractivity contribution in [3.05, 3.63) is 100 Å². The predicted molar refractivity (Wildman–Crippen MR) is 142 cm³/mol. The summed E-state index contributed by atoms with van der Waals surface area (Å²) in [5.41, 5.74) is -0.413. The van der Waals surface area contributed by atoms with E-state index in [0.717, 1.165) is 41.9 Å². The smallest absolute Gasteiger partial charge is 0.337 e. The number of carbonyl (C=O) groups excluding carboxylic acids is 1. The highest BCUT2D eigenvalue weighted by molar-refractivity contribution is 6.11. The van der Waals surface area contributed by atoms with Gasteiger partial charge in [-0.3, -0.25) is 4.79 Å². The minimum atomic E-state index is -1.69. The van der Waals surface area contributed by atoms with E-state index in [-0.39, 0.29) is 11.6 Å². The number of para-hydroxylation sites is 1. The van der Waals surface area contributed by atoms with Crippen molar-refractivity contribution in [1.82, 2.24) is 4.90 Å². The number of carboxylic acids is 3. The Kier molecular flexibility index (Phi) is 8.60. The SMILES string of the molecule is O=C(O)c1cc(C(=O)N(CCCCOc2ccccc2)[C@H]2CCCc3ccccc32)cc(C(=O)O)c1C(=O)O. The van der Waals surface area contributed by atoms with Crippen LogP contribution in [0.5, 0.6) is 5.75 Å². The molecule has 0 fully saturated rings. The summed E-state index contributed by atoms with van der Waals surface area (Å²) >= 11 is 0. The number of amides is 1. The van der Waals surface area contributed by atoms with E-state index < -0.39 is 40.5 Å². The van der Waals surface area contributed by atoms with Gasteiger partial charge in [0.1, 0.15) is 5.75 Å². The molecule has 0 bridgehead atoms. The maximum Gasteiger partial charge on any atom is 0.337 e. The van der Waals surface area contributed by atoms with Crippen molar-refractivity contribution in [2.45, 2.75) is 38.1 Å². The van der Waals surface area contributed by atoms with Crippen LogP contribution in [-0.4, -0.2) is 57.2 Å². The van der Waals surface area contributed by atoms with Gasteiger partial charge in [0.15, 0.2) is 0 Å². The molecule has 9 heteroatoms. The van der Waals surface area contributed by atoms with Gasteiger partial charge in [0.2, 0.25) is 0 Å². The maximum atomic E-state index is 13.9. The van der Waals surface area contributed by atoms with E-state index in [4.69, 9.17) is 4.74 Å². The summed E-state index contributed by atoms with van der Waals surface area (Å²) in [6.45, 7) is 0.758. The number of aryl methyl sites for hydroxylation is 1. The average molecular weight is 532 g/mol. The van der Waals surface area contributed by atoms with Gasteiger partial charge in [-0.2, -0.15) is 0 Å². The van der Waals surface area contributed by atoms with Crippen LogP contribution in [-0.2, 0) is 6.42 Å². The van der Waals surface area contributed by atoms with Gasteiger partial charge in [-0.1, -0.05) is 42.5 Å². The van der Waals surface area contributed by atoms with E-state index in [1.165, 1.54) is 0 Å². The zero-order chi connectivity index (χ0) is 27.9. The number of hydrogen-bond acceptors (Lipinski definition) is 5. The molecule has 1 atom stereocenters. The van der Waals surface area contributed by atoms with Crippen LogP contribution in [0.25, 0.3) is 0 Å². The molecular formula is C30H29NO8. The van der Waals surface area contributed by atoms with E-state index in [0.29, 0.717) is 32.4 Å². The summed E-state index contributed by atoms with van der Waals surface area (Å²) in [7, 11) is 0. The van der Waals surface area contributed by atoms with Crippen molar-refractivity contribution < 1.29 is 39.2 Å². The highest BCUT2D eigenvalue weighted by Crippen LogP contribution is 2.35. The van der Waals surface area contributed by atoms with Gasteiger partial charge in [0.05, 0.1) is 29.3 Å². The molecule has 3 aromatic carbocycles. The Labute approximate surface area is 225 Å². The molecule has 0 radical (unpaired) electrons. The zero-order valence-corrected chi connectivity index (χ0v) is 21.2. The second-order valence-corrected chi connectivity index (χ2v) is 9.34. The number of ether oxygens (including phenoxy) is 1. The summed E-state index contributed by atoms with van der Waals surface area (Å²) in [6.07, 6.45) is 3.64. The third-order valence-corrected chi connectivity index (χ3v) is 6.84. The van der Waals surface area contributed by atoms with Crippen molar-refractivity contribution in [1.29, 1.82) is 0 Å². The Morgan fingerprint density at radius 2 is 1.46 bits per heavy atom. The number of benzene rings is 3. The fourth-order valence-electron chi connectivity index (χ4n) is 5.04. The molecule has 0 saturated heterocycles. The van der Waals surface area contributed by atoms with Gasteiger partial charge < -0.3 is 25.0 Å². The number of carbonyl (C=O) groups is 4. The topological polar surface area (TPSA) is 141 Å². The maximum absolute atomic E-state index is 13.9. The normalized spacial score (nSPS) is 14.2. The lowest BCUT2D eigenvalue weighted by atomic mass is 9.86. The number of carboxylic acid groups (broad SMARTS) is 3. The fraction of sp³-hybridized carbons (Fsp3) is 0.267. The molecule has 202 valence electrons. The Morgan fingerprint density at radius 3 is 2.10 bits per heavy atom. The first-order valence-electron chi connectivity index (χ1n) is 12.7. The predicted octanol–water partition coefficient (Wildman–Crippen LogP) is 5.16. The molecular weight excluding hydrogens is 502 g/mol. The third-order valence-electron chi connectivity index (χ3n) is 6.84. The summed E-state index contributed by atoms with van der Waals surface area (Å²) in [6, 6.07) is 18.8. The monoisotopic (exact) mass is 531 g/mol. The van der Waals surface area contributed by atoms with Gasteiger partial charge in [0, 0.05) is 12.1 Å². The van der Waals surface area contributed by atoms with Crippen LogP contribution in [0.3, 0.4) is 0 Å². The van der Waals surface area contributed by atoms with Crippen LogP contribution in [0.15, 0.2) is 66.7 Å². The lowest BCUT2D eigenvalue weighted by Crippen LogP contribution is -2.38. The molecule has 0 heterocycles. The molecule has 0 unspecified atom stereocenters. The first-order chi connectivity index (χ1) is 18.8. The van der Waals surface area contributed by atoms with Crippen molar-refractivity contribution >= 4 is 23.8 Å². The van der Waals surface area contributed by atoms with Crippen LogP contribution in [0, 0.1) is 0 Å². The highest BCUT2D eigenvalue weighted by atomic mass is 16.5. The fourth-order valence-corrected chi connectivity index (χ4v) is 5.04. The van der Waals surface area contributed by atoms with Crippen molar-refractivity contribution in [3.63, 3.8) is 0 Å². The molecule has 1 aliphatic rings. The largest absolute Gasteiger partial charge is 0.494 e. The first-order valence-corrected chi connectivity index (χ1v) is 12.7. The molecule has 0 aliphatic heterocycles. The third kappa shape index (κ3) is 6.26. The van der Waals surface area contributed by atoms with E-state index in [2.05, 4.69) is 0 Å². The number of unbranched alkanes of at least 4 members (excludes halogenated alkanes) is 1. The number of nitrogens with zero attached hydrogens (tertiary/aromatic N) is 1. The molecule has 3 aromatic rings. The second-order valence-electron chi connectivity index (χ2n) is 9.34. The van der Waals surface area contributed by atoms with Crippen LogP contribution in [0.4, 0.5) is 0 Å². The molecule has 4 rings (SSSR count). The molecule has 0 spiro atoms. The molecule has 1 amide bonds. The first kappa shape index (κ1) is 27.4. The van der Waals surface area contributed by atoms with Gasteiger partial charge in [-0.05, 0) is 67.5 Å². The van der Waals surface area contributed by atoms with Gasteiger partial charge in [-0.25, -0.2) is 14.4 Å². The average Bonchev–Trinajstić information content (AvgIpc) is 2.94. The van der Waals surface area contributed by atoms with Crippen LogP contribution < -0.4 is 4.74 Å². The van der Waals surface area contributed by atoms with Gasteiger partial charge in [-0.15, -0.1) is 0 Å². The summed E-state index contributed by atoms with van der Waals surface area (Å²) < 4.78 is 5.76. The molecule has 9 nitrogen and oxygen atoms in total. The Hall–Kier alpha value is -4.66. The summed E-state index contributed by atoms with van der Waals surface area (Å²) in [4.78, 5) is 51.1. The Balaban J connectivity index is 1.65. The van der Waals surface area contributed by atoms with E-state index in [9.17, 15) is 34.5 Å². The molecule has 0 saturated carbocycles. The van der Waals surface area contributed by atoms with Gasteiger partial charge >= 0.3 is 17.9 Å². The van der Waals surface area contributed by atoms with Crippen LogP contribution in [0.2, 0.25) is 0 Å². The number of hydrogen-bond donors (Lipinski definition) is 3. The van der Waals surface area contributed by atoms with E-state index >= 15 is 0 Å². The van der Waals surface area contributed by atoms with Crippen molar-refractivity contribution in [2.24, 2.45) is 0 Å². The quantitative estimate of drug-likeness (QED) is 0.288. The lowest BCUT2D eigenvalue weighted by Gasteiger charge is -2.36. The zero-order valence-electron chi connectivity index (χ0n) is 21.2. The number of aromatic carboxylic acids is 3. The van der Waals surface area contributed by atoms with E-state index in [1.54, 1.807) is 4.90 Å². The minimum Gasteiger partial charge on any atom is -0.494 e. The Morgan fingerprint density at radius 1 is 0.821 bits per heavy atom. The van der Waals surface area contributed by atoms with Crippen LogP contribution in [0.1, 0.15) is 84.3 Å². The van der Waals surface area contributed by atoms with Gasteiger partial charge in [0.25, 0.3) is 5.91 Å². The summed E-state index contributed by atoms with van der Waals surface area (Å²) in [5.74, 6) is -4.76. The Bertz CT molecular complexity index is 1350. The number of fused-ring (bicyclic) bond motifs is 1. The standard InChI is InChI=1S/C30H29NO8/c32-27(20-17-23(28(33)34)26(30(37)38)24(18-20)29(35)36)31(15-6-7-16-39-21-11-2-1-3-12-21)25-14-8-10-19-9-4-5-13-22(19)25/h1-5,9,11-13,17-18,25H,6-8,10,14-16H2,(H,33,34)(H,35,36)(H,37,38)/t25-/m0/s1. The molecule has 3 N–H and O–H groups in total.